The Bertz CT molecular complexity index is 1120. The molecule has 1 aliphatic rings. The van der Waals surface area contributed by atoms with E-state index in [4.69, 9.17) is 4.98 Å². The summed E-state index contributed by atoms with van der Waals surface area (Å²) < 4.78 is 40.7. The number of anilines is 1. The second-order valence-corrected chi connectivity index (χ2v) is 9.09. The second-order valence-electron chi connectivity index (χ2n) is 7.15. The highest BCUT2D eigenvalue weighted by atomic mass is 32.2. The first-order valence-electron chi connectivity index (χ1n) is 9.70. The molecule has 0 saturated carbocycles. The van der Waals surface area contributed by atoms with Gasteiger partial charge in [0.15, 0.2) is 5.82 Å². The lowest BCUT2D eigenvalue weighted by atomic mass is 9.95. The van der Waals surface area contributed by atoms with Crippen molar-refractivity contribution in [3.8, 4) is 11.4 Å². The number of aromatic nitrogens is 3. The Hall–Kier alpha value is -2.91. The van der Waals surface area contributed by atoms with Gasteiger partial charge in [-0.3, -0.25) is 4.98 Å². The van der Waals surface area contributed by atoms with Crippen LogP contribution in [0.15, 0.2) is 59.8 Å². The molecule has 0 unspecified atom stereocenters. The Kier molecular flexibility index (Phi) is 5.74. The van der Waals surface area contributed by atoms with Gasteiger partial charge in [0.25, 0.3) is 0 Å². The Balaban J connectivity index is 1.64. The molecule has 0 spiro atoms. The minimum atomic E-state index is -3.70. The molecule has 3 aromatic rings. The summed E-state index contributed by atoms with van der Waals surface area (Å²) >= 11 is 0. The van der Waals surface area contributed by atoms with E-state index < -0.39 is 15.8 Å². The van der Waals surface area contributed by atoms with Gasteiger partial charge in [-0.25, -0.2) is 22.8 Å². The number of hydrogen-bond acceptors (Lipinski definition) is 6. The first kappa shape index (κ1) is 20.4. The summed E-state index contributed by atoms with van der Waals surface area (Å²) in [7, 11) is -1.92. The van der Waals surface area contributed by atoms with Crippen LogP contribution < -0.4 is 5.32 Å². The predicted octanol–water partition coefficient (Wildman–Crippen LogP) is 3.29. The van der Waals surface area contributed by atoms with Crippen molar-refractivity contribution in [3.05, 3.63) is 66.4 Å². The molecule has 4 rings (SSSR count). The van der Waals surface area contributed by atoms with Gasteiger partial charge in [-0.1, -0.05) is 0 Å². The third-order valence-electron chi connectivity index (χ3n) is 5.18. The number of pyridine rings is 1. The molecule has 1 fully saturated rings. The fourth-order valence-corrected chi connectivity index (χ4v) is 5.11. The molecule has 1 aliphatic heterocycles. The minimum Gasteiger partial charge on any atom is -0.373 e. The molecule has 30 heavy (non-hydrogen) atoms. The van der Waals surface area contributed by atoms with Crippen molar-refractivity contribution in [3.63, 3.8) is 0 Å². The molecule has 0 amide bonds. The van der Waals surface area contributed by atoms with Crippen LogP contribution in [0.3, 0.4) is 0 Å². The van der Waals surface area contributed by atoms with Crippen molar-refractivity contribution >= 4 is 15.8 Å². The van der Waals surface area contributed by atoms with Gasteiger partial charge >= 0.3 is 0 Å². The van der Waals surface area contributed by atoms with Crippen molar-refractivity contribution in [2.24, 2.45) is 0 Å². The molecule has 2 aromatic heterocycles. The number of nitrogens with zero attached hydrogens (tertiary/aromatic N) is 4. The maximum atomic E-state index is 13.2. The van der Waals surface area contributed by atoms with Crippen molar-refractivity contribution in [1.82, 2.24) is 19.3 Å². The number of halogens is 1. The molecule has 1 aromatic carbocycles. The van der Waals surface area contributed by atoms with Crippen molar-refractivity contribution < 1.29 is 12.8 Å². The highest BCUT2D eigenvalue weighted by Crippen LogP contribution is 2.31. The lowest BCUT2D eigenvalue weighted by Gasteiger charge is -2.32. The summed E-state index contributed by atoms with van der Waals surface area (Å²) in [4.78, 5) is 13.4. The molecule has 1 N–H and O–H groups in total. The van der Waals surface area contributed by atoms with Gasteiger partial charge in [-0.2, -0.15) is 4.31 Å². The fraction of sp³-hybridized carbons (Fsp3) is 0.286. The van der Waals surface area contributed by atoms with Gasteiger partial charge in [0.05, 0.1) is 10.6 Å². The highest BCUT2D eigenvalue weighted by molar-refractivity contribution is 7.89. The van der Waals surface area contributed by atoms with Crippen LogP contribution in [0, 0.1) is 5.82 Å². The van der Waals surface area contributed by atoms with E-state index in [9.17, 15) is 12.8 Å². The summed E-state index contributed by atoms with van der Waals surface area (Å²) in [5, 5.41) is 3.05. The Labute approximate surface area is 175 Å². The van der Waals surface area contributed by atoms with Gasteiger partial charge in [-0.15, -0.1) is 0 Å². The van der Waals surface area contributed by atoms with E-state index in [1.165, 1.54) is 16.4 Å². The number of sulfonamides is 1. The fourth-order valence-electron chi connectivity index (χ4n) is 3.59. The summed E-state index contributed by atoms with van der Waals surface area (Å²) in [6.07, 6.45) is 4.92. The van der Waals surface area contributed by atoms with Crippen LogP contribution in [-0.4, -0.2) is 47.8 Å². The van der Waals surface area contributed by atoms with E-state index in [-0.39, 0.29) is 10.8 Å². The highest BCUT2D eigenvalue weighted by Gasteiger charge is 2.32. The largest absolute Gasteiger partial charge is 0.373 e. The van der Waals surface area contributed by atoms with E-state index in [0.717, 1.165) is 29.8 Å². The number of benzene rings is 1. The second kappa shape index (κ2) is 8.45. The van der Waals surface area contributed by atoms with Gasteiger partial charge in [0, 0.05) is 50.1 Å². The Morgan fingerprint density at radius 1 is 1.17 bits per heavy atom. The monoisotopic (exact) mass is 427 g/mol. The topological polar surface area (TPSA) is 88.1 Å². The molecule has 0 aliphatic carbocycles. The number of nitrogens with one attached hydrogen (secondary N) is 1. The SMILES string of the molecule is CNc1cc([C@H]2CCCN(S(=O)(=O)c3ccc(F)cc3)C2)nc(-c2cccnc2)n1. The van der Waals surface area contributed by atoms with Crippen molar-refractivity contribution in [2.75, 3.05) is 25.5 Å². The normalized spacial score (nSPS) is 17.6. The maximum absolute atomic E-state index is 13.2. The van der Waals surface area contributed by atoms with Crippen LogP contribution in [0.4, 0.5) is 10.2 Å². The average molecular weight is 428 g/mol. The van der Waals surface area contributed by atoms with Gasteiger partial charge in [0.2, 0.25) is 10.0 Å². The molecule has 7 nitrogen and oxygen atoms in total. The minimum absolute atomic E-state index is 0.0699. The molecule has 0 radical (unpaired) electrons. The number of rotatable bonds is 5. The zero-order valence-electron chi connectivity index (χ0n) is 16.5. The molecule has 0 bridgehead atoms. The van der Waals surface area contributed by atoms with Crippen LogP contribution in [0.25, 0.3) is 11.4 Å². The standard InChI is InChI=1S/C21H22FN5O2S/c1-23-20-12-19(25-21(26-20)15-4-2-10-24-13-15)16-5-3-11-27(14-16)30(28,29)18-8-6-17(22)7-9-18/h2,4,6-10,12-13,16H,3,5,11,14H2,1H3,(H,23,25,26)/t16-/m0/s1. The van der Waals surface area contributed by atoms with Crippen LogP contribution in [0.1, 0.15) is 24.5 Å². The van der Waals surface area contributed by atoms with E-state index in [0.29, 0.717) is 31.2 Å². The van der Waals surface area contributed by atoms with Crippen molar-refractivity contribution in [1.29, 1.82) is 0 Å². The molecular weight excluding hydrogens is 405 g/mol. The van der Waals surface area contributed by atoms with E-state index in [2.05, 4.69) is 15.3 Å². The quantitative estimate of drug-likeness (QED) is 0.672. The molecule has 9 heteroatoms. The number of piperidine rings is 1. The molecule has 1 saturated heterocycles. The zero-order valence-corrected chi connectivity index (χ0v) is 17.3. The Morgan fingerprint density at radius 3 is 2.67 bits per heavy atom. The average Bonchev–Trinajstić information content (AvgIpc) is 2.79. The first-order chi connectivity index (χ1) is 14.5. The van der Waals surface area contributed by atoms with Gasteiger partial charge in [-0.05, 0) is 49.2 Å². The lowest BCUT2D eigenvalue weighted by molar-refractivity contribution is 0.312. The van der Waals surface area contributed by atoms with Crippen LogP contribution in [-0.2, 0) is 10.0 Å². The summed E-state index contributed by atoms with van der Waals surface area (Å²) in [5.41, 5.74) is 1.58. The third kappa shape index (κ3) is 4.17. The first-order valence-corrected chi connectivity index (χ1v) is 11.1. The summed E-state index contributed by atoms with van der Waals surface area (Å²) in [5.74, 6) is 0.675. The molecule has 3 heterocycles. The third-order valence-corrected chi connectivity index (χ3v) is 7.06. The van der Waals surface area contributed by atoms with Crippen LogP contribution >= 0.6 is 0 Å². The van der Waals surface area contributed by atoms with Crippen LogP contribution in [0.5, 0.6) is 0 Å². The van der Waals surface area contributed by atoms with Crippen LogP contribution in [0.2, 0.25) is 0 Å². The zero-order chi connectivity index (χ0) is 21.1. The number of hydrogen-bond donors (Lipinski definition) is 1. The van der Waals surface area contributed by atoms with Gasteiger partial charge in [0.1, 0.15) is 11.6 Å². The maximum Gasteiger partial charge on any atom is 0.243 e. The molecule has 1 atom stereocenters. The van der Waals surface area contributed by atoms with E-state index >= 15 is 0 Å². The lowest BCUT2D eigenvalue weighted by Crippen LogP contribution is -2.39. The summed E-state index contributed by atoms with van der Waals surface area (Å²) in [6.45, 7) is 0.738. The van der Waals surface area contributed by atoms with Crippen molar-refractivity contribution in [2.45, 2.75) is 23.7 Å². The summed E-state index contributed by atoms with van der Waals surface area (Å²) in [6, 6.07) is 10.5. The van der Waals surface area contributed by atoms with E-state index in [1.54, 1.807) is 19.4 Å². The molecular formula is C21H22FN5O2S. The van der Waals surface area contributed by atoms with E-state index in [1.807, 2.05) is 18.2 Å². The smallest absolute Gasteiger partial charge is 0.243 e. The predicted molar refractivity (Wildman–Crippen MR) is 112 cm³/mol. The van der Waals surface area contributed by atoms with Gasteiger partial charge < -0.3 is 5.32 Å². The molecule has 156 valence electrons. The Morgan fingerprint density at radius 2 is 1.97 bits per heavy atom.